The van der Waals surface area contributed by atoms with E-state index in [9.17, 15) is 17.2 Å². The minimum atomic E-state index is -3.51. The van der Waals surface area contributed by atoms with Crippen LogP contribution in [-0.4, -0.2) is 52.1 Å². The van der Waals surface area contributed by atoms with Crippen LogP contribution < -0.4 is 5.32 Å². The van der Waals surface area contributed by atoms with Gasteiger partial charge in [-0.15, -0.1) is 0 Å². The summed E-state index contributed by atoms with van der Waals surface area (Å²) in [6.07, 6.45) is -1.42. The second-order valence-corrected chi connectivity index (χ2v) is 5.49. The van der Waals surface area contributed by atoms with Gasteiger partial charge in [0.1, 0.15) is 0 Å². The highest BCUT2D eigenvalue weighted by Gasteiger charge is 2.20. The van der Waals surface area contributed by atoms with Gasteiger partial charge in [-0.05, 0) is 26.4 Å². The maximum Gasteiger partial charge on any atom is 0.252 e. The van der Waals surface area contributed by atoms with Gasteiger partial charge in [-0.1, -0.05) is 0 Å². The van der Waals surface area contributed by atoms with Crippen molar-refractivity contribution in [3.05, 3.63) is 0 Å². The molecular formula is C8H18F2N2O2S. The van der Waals surface area contributed by atoms with Crippen molar-refractivity contribution in [2.24, 2.45) is 0 Å². The van der Waals surface area contributed by atoms with Crippen molar-refractivity contribution >= 4 is 10.0 Å². The number of halogens is 2. The molecule has 0 rings (SSSR count). The van der Waals surface area contributed by atoms with Gasteiger partial charge in [0.05, 0.1) is 12.3 Å². The Morgan fingerprint density at radius 1 is 1.33 bits per heavy atom. The minimum absolute atomic E-state index is 0.0715. The highest BCUT2D eigenvalue weighted by atomic mass is 32.2. The Morgan fingerprint density at radius 2 is 1.93 bits per heavy atom. The van der Waals surface area contributed by atoms with Crippen molar-refractivity contribution in [2.45, 2.75) is 19.3 Å². The van der Waals surface area contributed by atoms with Crippen LogP contribution in [0.15, 0.2) is 0 Å². The third-order valence-electron chi connectivity index (χ3n) is 1.95. The van der Waals surface area contributed by atoms with E-state index in [0.29, 0.717) is 6.42 Å². The number of nitrogens with zero attached hydrogens (tertiary/aromatic N) is 1. The molecule has 15 heavy (non-hydrogen) atoms. The lowest BCUT2D eigenvalue weighted by Crippen LogP contribution is -2.33. The molecule has 0 aromatic heterocycles. The van der Waals surface area contributed by atoms with E-state index in [4.69, 9.17) is 0 Å². The van der Waals surface area contributed by atoms with E-state index in [1.807, 2.05) is 0 Å². The highest BCUT2D eigenvalue weighted by Crippen LogP contribution is 2.05. The molecule has 4 nitrogen and oxygen atoms in total. The molecule has 0 aromatic rings. The molecule has 0 radical (unpaired) electrons. The molecule has 0 fully saturated rings. The molecule has 0 saturated carbocycles. The lowest BCUT2D eigenvalue weighted by molar-refractivity contribution is 0.126. The number of sulfonamides is 1. The van der Waals surface area contributed by atoms with Crippen molar-refractivity contribution < 1.29 is 17.2 Å². The Bertz CT molecular complexity index is 257. The summed E-state index contributed by atoms with van der Waals surface area (Å²) in [5.41, 5.74) is 0. The molecule has 0 heterocycles. The van der Waals surface area contributed by atoms with E-state index in [2.05, 4.69) is 5.32 Å². The first-order valence-electron chi connectivity index (χ1n) is 4.77. The molecule has 0 aliphatic rings. The van der Waals surface area contributed by atoms with Crippen LogP contribution in [0.1, 0.15) is 12.8 Å². The van der Waals surface area contributed by atoms with Crippen LogP contribution in [0.25, 0.3) is 0 Å². The van der Waals surface area contributed by atoms with Crippen LogP contribution >= 0.6 is 0 Å². The van der Waals surface area contributed by atoms with Crippen molar-refractivity contribution in [1.82, 2.24) is 9.62 Å². The summed E-state index contributed by atoms with van der Waals surface area (Å²) < 4.78 is 47.4. The summed E-state index contributed by atoms with van der Waals surface area (Å²) in [6, 6.07) is 0. The predicted molar refractivity (Wildman–Crippen MR) is 55.6 cm³/mol. The quantitative estimate of drug-likeness (QED) is 0.633. The molecular weight excluding hydrogens is 226 g/mol. The number of alkyl halides is 2. The molecule has 0 atom stereocenters. The van der Waals surface area contributed by atoms with Crippen LogP contribution in [0, 0.1) is 0 Å². The maximum atomic E-state index is 11.9. The van der Waals surface area contributed by atoms with E-state index in [1.165, 1.54) is 7.05 Å². The average Bonchev–Trinajstić information content (AvgIpc) is 2.11. The fraction of sp³-hybridized carbons (Fsp3) is 1.00. The fourth-order valence-corrected chi connectivity index (χ4v) is 2.27. The molecule has 1 N–H and O–H groups in total. The molecule has 0 bridgehead atoms. The van der Waals surface area contributed by atoms with Crippen molar-refractivity contribution in [3.8, 4) is 0 Å². The molecule has 0 spiro atoms. The molecule has 92 valence electrons. The lowest BCUT2D eigenvalue weighted by Gasteiger charge is -2.16. The van der Waals surface area contributed by atoms with Gasteiger partial charge < -0.3 is 5.32 Å². The van der Waals surface area contributed by atoms with Crippen LogP contribution in [0.3, 0.4) is 0 Å². The van der Waals surface area contributed by atoms with Crippen molar-refractivity contribution in [2.75, 3.05) is 32.9 Å². The second-order valence-electron chi connectivity index (χ2n) is 3.30. The first-order chi connectivity index (χ1) is 6.90. The molecule has 0 aliphatic carbocycles. The minimum Gasteiger partial charge on any atom is -0.320 e. The normalized spacial score (nSPS) is 12.7. The third kappa shape index (κ3) is 6.75. The zero-order valence-electron chi connectivity index (χ0n) is 9.04. The van der Waals surface area contributed by atoms with Gasteiger partial charge in [0.25, 0.3) is 6.43 Å². The van der Waals surface area contributed by atoms with Gasteiger partial charge in [0.2, 0.25) is 10.0 Å². The van der Waals surface area contributed by atoms with E-state index in [0.717, 1.165) is 17.3 Å². The van der Waals surface area contributed by atoms with Gasteiger partial charge in [-0.2, -0.15) is 4.31 Å². The number of hydrogen-bond acceptors (Lipinski definition) is 3. The highest BCUT2D eigenvalue weighted by molar-refractivity contribution is 7.89. The number of unbranched alkanes of at least 4 members (excludes halogenated alkanes) is 1. The largest absolute Gasteiger partial charge is 0.320 e. The van der Waals surface area contributed by atoms with Gasteiger partial charge in [0.15, 0.2) is 0 Å². The molecule has 0 aromatic carbocycles. The predicted octanol–water partition coefficient (Wildman–Crippen LogP) is 0.513. The Balaban J connectivity index is 3.95. The van der Waals surface area contributed by atoms with Crippen LogP contribution in [0.4, 0.5) is 8.78 Å². The lowest BCUT2D eigenvalue weighted by atomic mass is 10.3. The van der Waals surface area contributed by atoms with Crippen molar-refractivity contribution in [1.29, 1.82) is 0 Å². The zero-order chi connectivity index (χ0) is 11.9. The first-order valence-corrected chi connectivity index (χ1v) is 6.38. The summed E-state index contributed by atoms with van der Waals surface area (Å²) in [7, 11) is -0.555. The number of hydrogen-bond donors (Lipinski definition) is 1. The Hall–Kier alpha value is -0.270. The van der Waals surface area contributed by atoms with Gasteiger partial charge in [-0.3, -0.25) is 0 Å². The van der Waals surface area contributed by atoms with Gasteiger partial charge in [-0.25, -0.2) is 17.2 Å². The maximum absolute atomic E-state index is 11.9. The standard InChI is InChI=1S/C8H18F2N2O2S/c1-11-5-3-4-6-15(13,14)12(2)7-8(9)10/h8,11H,3-7H2,1-2H3. The average molecular weight is 244 g/mol. The Labute approximate surface area is 89.7 Å². The van der Waals surface area contributed by atoms with E-state index in [-0.39, 0.29) is 5.75 Å². The van der Waals surface area contributed by atoms with Crippen LogP contribution in [0.2, 0.25) is 0 Å². The third-order valence-corrected chi connectivity index (χ3v) is 3.85. The van der Waals surface area contributed by atoms with Gasteiger partial charge >= 0.3 is 0 Å². The molecule has 0 aliphatic heterocycles. The SMILES string of the molecule is CNCCCCS(=O)(=O)N(C)CC(F)F. The van der Waals surface area contributed by atoms with Gasteiger partial charge in [0, 0.05) is 7.05 Å². The molecule has 0 amide bonds. The zero-order valence-corrected chi connectivity index (χ0v) is 9.86. The Morgan fingerprint density at radius 3 is 2.40 bits per heavy atom. The Kier molecular flexibility index (Phi) is 6.95. The number of rotatable bonds is 8. The smallest absolute Gasteiger partial charge is 0.252 e. The monoisotopic (exact) mass is 244 g/mol. The molecule has 7 heteroatoms. The summed E-state index contributed by atoms with van der Waals surface area (Å²) in [5, 5.41) is 2.89. The second kappa shape index (κ2) is 7.08. The molecule has 0 saturated heterocycles. The first kappa shape index (κ1) is 14.7. The topological polar surface area (TPSA) is 49.4 Å². The summed E-state index contributed by atoms with van der Waals surface area (Å²) in [6.45, 7) is 0.00242. The van der Waals surface area contributed by atoms with E-state index < -0.39 is 23.0 Å². The summed E-state index contributed by atoms with van der Waals surface area (Å²) in [5.74, 6) is -0.0715. The summed E-state index contributed by atoms with van der Waals surface area (Å²) >= 11 is 0. The van der Waals surface area contributed by atoms with Crippen LogP contribution in [-0.2, 0) is 10.0 Å². The van der Waals surface area contributed by atoms with Crippen LogP contribution in [0.5, 0.6) is 0 Å². The molecule has 0 unspecified atom stereocenters. The fourth-order valence-electron chi connectivity index (χ4n) is 1.05. The van der Waals surface area contributed by atoms with Crippen molar-refractivity contribution in [3.63, 3.8) is 0 Å². The summed E-state index contributed by atoms with van der Waals surface area (Å²) in [4.78, 5) is 0. The van der Waals surface area contributed by atoms with E-state index >= 15 is 0 Å². The number of nitrogens with one attached hydrogen (secondary N) is 1. The van der Waals surface area contributed by atoms with E-state index in [1.54, 1.807) is 7.05 Å².